The van der Waals surface area contributed by atoms with E-state index >= 15 is 0 Å². The fraction of sp³-hybridized carbons (Fsp3) is 0.120. The third-order valence-electron chi connectivity index (χ3n) is 5.16. The molecular weight excluding hydrogens is 348 g/mol. The highest BCUT2D eigenvalue weighted by Gasteiger charge is 2.18. The highest BCUT2D eigenvalue weighted by molar-refractivity contribution is 6.08. The van der Waals surface area contributed by atoms with Crippen LogP contribution in [0, 0.1) is 13.8 Å². The first-order chi connectivity index (χ1) is 13.6. The van der Waals surface area contributed by atoms with Gasteiger partial charge < -0.3 is 13.6 Å². The van der Waals surface area contributed by atoms with Gasteiger partial charge in [-0.1, -0.05) is 59.7 Å². The molecule has 0 amide bonds. The minimum atomic E-state index is 0.745. The lowest BCUT2D eigenvalue weighted by Crippen LogP contribution is -1.82. The van der Waals surface area contributed by atoms with E-state index in [9.17, 15) is 0 Å². The summed E-state index contributed by atoms with van der Waals surface area (Å²) in [5.41, 5.74) is 6.06. The third kappa shape index (κ3) is 2.67. The van der Waals surface area contributed by atoms with Gasteiger partial charge in [-0.25, -0.2) is 0 Å². The summed E-state index contributed by atoms with van der Waals surface area (Å²) in [5, 5.41) is 1.89. The summed E-state index contributed by atoms with van der Waals surface area (Å²) in [7, 11) is 1.67. The molecule has 0 N–H and O–H groups in total. The number of rotatable bonds is 3. The number of hydrogen-bond donors (Lipinski definition) is 0. The first-order valence-electron chi connectivity index (χ1n) is 9.30. The van der Waals surface area contributed by atoms with E-state index in [0.717, 1.165) is 50.3 Å². The van der Waals surface area contributed by atoms with Crippen LogP contribution in [0.2, 0.25) is 0 Å². The van der Waals surface area contributed by atoms with Gasteiger partial charge in [-0.05, 0) is 26.0 Å². The van der Waals surface area contributed by atoms with Gasteiger partial charge in [0.2, 0.25) is 0 Å². The van der Waals surface area contributed by atoms with Crippen molar-refractivity contribution in [2.24, 2.45) is 0 Å². The maximum Gasteiger partial charge on any atom is 0.149 e. The molecule has 2 aromatic heterocycles. The predicted molar refractivity (Wildman–Crippen MR) is 113 cm³/mol. The third-order valence-corrected chi connectivity index (χ3v) is 5.16. The molecule has 0 aliphatic rings. The zero-order valence-corrected chi connectivity index (χ0v) is 16.1. The SMILES string of the molecule is COc1cc2oc(-c3ccc(C)cc3)cc2c2oc(-c3ccc(C)cc3)cc12. The molecule has 5 aromatic rings. The Labute approximate surface area is 163 Å². The minimum absolute atomic E-state index is 0.745. The average Bonchev–Trinajstić information content (AvgIpc) is 3.32. The largest absolute Gasteiger partial charge is 0.496 e. The molecule has 5 rings (SSSR count). The zero-order chi connectivity index (χ0) is 19.3. The molecule has 28 heavy (non-hydrogen) atoms. The molecule has 0 unspecified atom stereocenters. The molecule has 2 heterocycles. The minimum Gasteiger partial charge on any atom is -0.496 e. The van der Waals surface area contributed by atoms with Crippen LogP contribution in [-0.2, 0) is 0 Å². The molecule has 138 valence electrons. The molecule has 0 bridgehead atoms. The second-order valence-electron chi connectivity index (χ2n) is 7.19. The molecule has 0 saturated carbocycles. The molecule has 3 nitrogen and oxygen atoms in total. The van der Waals surface area contributed by atoms with Crippen LogP contribution in [0.3, 0.4) is 0 Å². The maximum atomic E-state index is 6.28. The van der Waals surface area contributed by atoms with E-state index in [0.29, 0.717) is 0 Å². The van der Waals surface area contributed by atoms with Gasteiger partial charge in [-0.15, -0.1) is 0 Å². The van der Waals surface area contributed by atoms with E-state index in [4.69, 9.17) is 13.6 Å². The van der Waals surface area contributed by atoms with Crippen molar-refractivity contribution in [1.29, 1.82) is 0 Å². The molecule has 0 radical (unpaired) electrons. The number of aryl methyl sites for hydroxylation is 2. The summed E-state index contributed by atoms with van der Waals surface area (Å²) in [4.78, 5) is 0. The van der Waals surface area contributed by atoms with Gasteiger partial charge in [0.1, 0.15) is 28.4 Å². The zero-order valence-electron chi connectivity index (χ0n) is 16.1. The van der Waals surface area contributed by atoms with Crippen molar-refractivity contribution in [3.63, 3.8) is 0 Å². The van der Waals surface area contributed by atoms with E-state index in [-0.39, 0.29) is 0 Å². The smallest absolute Gasteiger partial charge is 0.149 e. The molecule has 0 aliphatic carbocycles. The van der Waals surface area contributed by atoms with E-state index in [1.54, 1.807) is 7.11 Å². The van der Waals surface area contributed by atoms with Crippen molar-refractivity contribution in [1.82, 2.24) is 0 Å². The number of ether oxygens (including phenoxy) is 1. The number of hydrogen-bond acceptors (Lipinski definition) is 3. The summed E-state index contributed by atoms with van der Waals surface area (Å²) >= 11 is 0. The van der Waals surface area contributed by atoms with Gasteiger partial charge in [0.25, 0.3) is 0 Å². The van der Waals surface area contributed by atoms with E-state index in [1.165, 1.54) is 11.1 Å². The van der Waals surface area contributed by atoms with Gasteiger partial charge in [-0.2, -0.15) is 0 Å². The monoisotopic (exact) mass is 368 g/mol. The van der Waals surface area contributed by atoms with Gasteiger partial charge >= 0.3 is 0 Å². The molecule has 0 saturated heterocycles. The Hall–Kier alpha value is -3.46. The first kappa shape index (κ1) is 16.7. The molecule has 3 heteroatoms. The second kappa shape index (κ2) is 6.31. The predicted octanol–water partition coefficient (Wildman–Crippen LogP) is 7.14. The molecule has 0 fully saturated rings. The van der Waals surface area contributed by atoms with Crippen molar-refractivity contribution in [3.8, 4) is 28.4 Å². The van der Waals surface area contributed by atoms with Gasteiger partial charge in [0, 0.05) is 17.2 Å². The van der Waals surface area contributed by atoms with Crippen molar-refractivity contribution in [3.05, 3.63) is 77.9 Å². The normalized spacial score (nSPS) is 11.4. The van der Waals surface area contributed by atoms with Crippen LogP contribution >= 0.6 is 0 Å². The first-order valence-corrected chi connectivity index (χ1v) is 9.30. The van der Waals surface area contributed by atoms with Crippen molar-refractivity contribution in [2.75, 3.05) is 7.11 Å². The Bertz CT molecular complexity index is 1290. The average molecular weight is 368 g/mol. The van der Waals surface area contributed by atoms with E-state index in [2.05, 4.69) is 62.4 Å². The van der Waals surface area contributed by atoms with Crippen LogP contribution in [0.1, 0.15) is 11.1 Å². The number of fused-ring (bicyclic) bond motifs is 3. The summed E-state index contributed by atoms with van der Waals surface area (Å²) < 4.78 is 18.0. The van der Waals surface area contributed by atoms with Crippen LogP contribution in [0.5, 0.6) is 5.75 Å². The molecule has 0 spiro atoms. The van der Waals surface area contributed by atoms with Gasteiger partial charge in [0.15, 0.2) is 0 Å². The van der Waals surface area contributed by atoms with Crippen LogP contribution in [0.15, 0.2) is 75.6 Å². The van der Waals surface area contributed by atoms with Crippen LogP contribution in [-0.4, -0.2) is 7.11 Å². The van der Waals surface area contributed by atoms with Gasteiger partial charge in [-0.3, -0.25) is 0 Å². The van der Waals surface area contributed by atoms with Crippen molar-refractivity contribution in [2.45, 2.75) is 13.8 Å². The highest BCUT2D eigenvalue weighted by atomic mass is 16.5. The highest BCUT2D eigenvalue weighted by Crippen LogP contribution is 2.41. The van der Waals surface area contributed by atoms with Crippen LogP contribution in [0.4, 0.5) is 0 Å². The summed E-state index contributed by atoms with van der Waals surface area (Å²) in [6.07, 6.45) is 0. The Morgan fingerprint density at radius 2 is 1.18 bits per heavy atom. The summed E-state index contributed by atoms with van der Waals surface area (Å²) in [5.74, 6) is 2.38. The number of benzene rings is 3. The molecule has 0 aliphatic heterocycles. The Morgan fingerprint density at radius 3 is 1.75 bits per heavy atom. The molecule has 3 aromatic carbocycles. The lowest BCUT2D eigenvalue weighted by Gasteiger charge is -2.00. The fourth-order valence-corrected chi connectivity index (χ4v) is 3.55. The van der Waals surface area contributed by atoms with Crippen LogP contribution in [0.25, 0.3) is 44.6 Å². The van der Waals surface area contributed by atoms with Crippen molar-refractivity contribution < 1.29 is 13.6 Å². The standard InChI is InChI=1S/C25H20O3/c1-15-4-8-17(9-5-15)21-13-20-24(27-21)14-23(26-3)19-12-22(28-25(19)20)18-10-6-16(2)7-11-18/h4-14H,1-3H3. The fourth-order valence-electron chi connectivity index (χ4n) is 3.55. The lowest BCUT2D eigenvalue weighted by atomic mass is 10.1. The summed E-state index contributed by atoms with van der Waals surface area (Å²) in [6, 6.07) is 22.6. The number of methoxy groups -OCH3 is 1. The Kier molecular flexibility index (Phi) is 3.76. The Balaban J connectivity index is 1.73. The maximum absolute atomic E-state index is 6.28. The van der Waals surface area contributed by atoms with E-state index < -0.39 is 0 Å². The molecule has 0 atom stereocenters. The topological polar surface area (TPSA) is 35.5 Å². The molecular formula is C25H20O3. The second-order valence-corrected chi connectivity index (χ2v) is 7.19. The van der Waals surface area contributed by atoms with Crippen molar-refractivity contribution >= 4 is 21.9 Å². The van der Waals surface area contributed by atoms with Crippen LogP contribution < -0.4 is 4.74 Å². The number of furan rings is 2. The Morgan fingerprint density at radius 1 is 0.643 bits per heavy atom. The summed E-state index contributed by atoms with van der Waals surface area (Å²) in [6.45, 7) is 4.15. The quantitative estimate of drug-likeness (QED) is 0.339. The van der Waals surface area contributed by atoms with Gasteiger partial charge in [0.05, 0.1) is 17.9 Å². The van der Waals surface area contributed by atoms with E-state index in [1.807, 2.05) is 18.2 Å². The lowest BCUT2D eigenvalue weighted by molar-refractivity contribution is 0.419.